The highest BCUT2D eigenvalue weighted by molar-refractivity contribution is 7.98. The summed E-state index contributed by atoms with van der Waals surface area (Å²) < 4.78 is 24.2. The summed E-state index contributed by atoms with van der Waals surface area (Å²) in [6.07, 6.45) is 2.89. The van der Waals surface area contributed by atoms with Gasteiger partial charge in [0.15, 0.2) is 9.84 Å². The third-order valence-corrected chi connectivity index (χ3v) is 12.0. The molecule has 210 valence electrons. The Balaban J connectivity index is 1.57. The smallest absolute Gasteiger partial charge is 0.307 e. The topological polar surface area (TPSA) is 109 Å². The Labute approximate surface area is 253 Å². The Morgan fingerprint density at radius 2 is 1.22 bits per heavy atom. The lowest BCUT2D eigenvalue weighted by atomic mass is 10.1. The Bertz CT molecular complexity index is 1880. The second kappa shape index (κ2) is 11.9. The summed E-state index contributed by atoms with van der Waals surface area (Å²) in [5.41, 5.74) is 3.10. The molecule has 5 rings (SSSR count). The molecule has 0 amide bonds. The number of aliphatic carboxylic acids is 2. The molecule has 3 heterocycles. The Morgan fingerprint density at radius 3 is 1.71 bits per heavy atom. The molecule has 0 aliphatic rings. The average molecular weight is 641 g/mol. The van der Waals surface area contributed by atoms with E-state index in [0.29, 0.717) is 11.1 Å². The normalized spacial score (nSPS) is 11.6. The number of benzene rings is 2. The van der Waals surface area contributed by atoms with Crippen molar-refractivity contribution in [2.24, 2.45) is 0 Å². The lowest BCUT2D eigenvalue weighted by Crippen LogP contribution is -1.99. The highest BCUT2D eigenvalue weighted by Crippen LogP contribution is 2.47. The van der Waals surface area contributed by atoms with Gasteiger partial charge in [-0.2, -0.15) is 0 Å². The minimum atomic E-state index is -3.40. The van der Waals surface area contributed by atoms with E-state index in [1.165, 1.54) is 22.7 Å². The van der Waals surface area contributed by atoms with Gasteiger partial charge in [-0.25, -0.2) is 8.42 Å². The van der Waals surface area contributed by atoms with E-state index >= 15 is 0 Å². The van der Waals surface area contributed by atoms with Gasteiger partial charge in [-0.1, -0.05) is 24.3 Å². The number of hydrogen-bond donors (Lipinski definition) is 2. The number of carbonyl (C=O) groups is 2. The second-order valence-electron chi connectivity index (χ2n) is 9.27. The summed E-state index contributed by atoms with van der Waals surface area (Å²) in [6, 6.07) is 22.4. The number of carboxylic acid groups (broad SMARTS) is 2. The quantitative estimate of drug-likeness (QED) is 0.149. The Kier molecular flexibility index (Phi) is 8.53. The molecule has 0 spiro atoms. The van der Waals surface area contributed by atoms with Crippen LogP contribution in [0.2, 0.25) is 0 Å². The molecule has 2 aromatic carbocycles. The van der Waals surface area contributed by atoms with Gasteiger partial charge in [0.2, 0.25) is 0 Å². The molecule has 0 bridgehead atoms. The lowest BCUT2D eigenvalue weighted by Gasteiger charge is -2.01. The first kappa shape index (κ1) is 29.3. The molecule has 6 nitrogen and oxygen atoms in total. The molecule has 0 radical (unpaired) electrons. The van der Waals surface area contributed by atoms with Crippen molar-refractivity contribution < 1.29 is 28.2 Å². The third kappa shape index (κ3) is 6.65. The second-order valence-corrected chi connectivity index (χ2v) is 15.4. The van der Waals surface area contributed by atoms with E-state index in [0.717, 1.165) is 51.5 Å². The predicted molar refractivity (Wildman–Crippen MR) is 169 cm³/mol. The Hall–Kier alpha value is -3.22. The molecule has 0 aliphatic carbocycles. The van der Waals surface area contributed by atoms with Gasteiger partial charge in [0.1, 0.15) is 0 Å². The fraction of sp³-hybridized carbons (Fsp3) is 0.133. The predicted octanol–water partition coefficient (Wildman–Crippen LogP) is 7.92. The molecule has 41 heavy (non-hydrogen) atoms. The molecule has 3 aromatic heterocycles. The van der Waals surface area contributed by atoms with Crippen LogP contribution in [0.3, 0.4) is 0 Å². The highest BCUT2D eigenvalue weighted by atomic mass is 32.2. The van der Waals surface area contributed by atoms with E-state index in [4.69, 9.17) is 0 Å². The molecule has 0 unspecified atom stereocenters. The molecular weight excluding hydrogens is 617 g/mol. The van der Waals surface area contributed by atoms with E-state index in [2.05, 4.69) is 6.07 Å². The van der Waals surface area contributed by atoms with Crippen LogP contribution in [0.1, 0.15) is 11.1 Å². The van der Waals surface area contributed by atoms with Crippen LogP contribution in [-0.2, 0) is 32.3 Å². The fourth-order valence-electron chi connectivity index (χ4n) is 4.39. The first-order chi connectivity index (χ1) is 19.5. The van der Waals surface area contributed by atoms with E-state index in [1.54, 1.807) is 41.3 Å². The summed E-state index contributed by atoms with van der Waals surface area (Å²) in [5, 5.41) is 19.2. The molecule has 0 atom stereocenters. The van der Waals surface area contributed by atoms with Crippen molar-refractivity contribution in [3.05, 3.63) is 83.9 Å². The maximum atomic E-state index is 12.1. The zero-order valence-electron chi connectivity index (χ0n) is 21.9. The number of carboxylic acids is 2. The van der Waals surface area contributed by atoms with Crippen molar-refractivity contribution >= 4 is 67.5 Å². The van der Waals surface area contributed by atoms with Crippen molar-refractivity contribution in [1.29, 1.82) is 0 Å². The summed E-state index contributed by atoms with van der Waals surface area (Å²) in [7, 11) is -3.40. The van der Waals surface area contributed by atoms with Gasteiger partial charge < -0.3 is 10.2 Å². The number of thiophene rings is 3. The van der Waals surface area contributed by atoms with Gasteiger partial charge in [-0.05, 0) is 77.0 Å². The Morgan fingerprint density at radius 1 is 0.707 bits per heavy atom. The number of thioether (sulfide) groups is 1. The first-order valence-corrected chi connectivity index (χ1v) is 17.8. The number of sulfone groups is 1. The molecule has 0 saturated carbocycles. The van der Waals surface area contributed by atoms with Crippen molar-refractivity contribution in [1.82, 2.24) is 0 Å². The summed E-state index contributed by atoms with van der Waals surface area (Å²) in [6.45, 7) is 0. The van der Waals surface area contributed by atoms with Gasteiger partial charge >= 0.3 is 11.9 Å². The van der Waals surface area contributed by atoms with Crippen LogP contribution in [-0.4, -0.2) is 43.1 Å². The maximum Gasteiger partial charge on any atom is 0.307 e. The largest absolute Gasteiger partial charge is 0.481 e. The molecule has 0 saturated heterocycles. The summed E-state index contributed by atoms with van der Waals surface area (Å²) >= 11 is 6.10. The van der Waals surface area contributed by atoms with Gasteiger partial charge in [0, 0.05) is 40.4 Å². The molecule has 11 heteroatoms. The molecular formula is C30H24O6S5. The maximum absolute atomic E-state index is 12.1. The summed E-state index contributed by atoms with van der Waals surface area (Å²) in [5.74, 6) is -1.87. The number of hydrogen-bond acceptors (Lipinski definition) is 8. The first-order valence-electron chi connectivity index (χ1n) is 12.3. The average Bonchev–Trinajstić information content (AvgIpc) is 3.66. The number of rotatable bonds is 10. The van der Waals surface area contributed by atoms with Crippen LogP contribution < -0.4 is 0 Å². The van der Waals surface area contributed by atoms with Crippen LogP contribution in [0.25, 0.3) is 40.4 Å². The van der Waals surface area contributed by atoms with Gasteiger partial charge in [0.05, 0.1) is 17.7 Å². The fourth-order valence-corrected chi connectivity index (χ4v) is 9.16. The molecule has 2 N–H and O–H groups in total. The van der Waals surface area contributed by atoms with Crippen LogP contribution in [0.5, 0.6) is 0 Å². The van der Waals surface area contributed by atoms with Crippen molar-refractivity contribution in [2.45, 2.75) is 22.6 Å². The van der Waals surface area contributed by atoms with Crippen LogP contribution in [0.4, 0.5) is 0 Å². The highest BCUT2D eigenvalue weighted by Gasteiger charge is 2.21. The zero-order valence-corrected chi connectivity index (χ0v) is 26.0. The van der Waals surface area contributed by atoms with Crippen molar-refractivity contribution in [3.63, 3.8) is 0 Å². The van der Waals surface area contributed by atoms with Gasteiger partial charge in [-0.3, -0.25) is 9.59 Å². The zero-order chi connectivity index (χ0) is 29.3. The minimum Gasteiger partial charge on any atom is -0.481 e. The summed E-state index contributed by atoms with van der Waals surface area (Å²) in [4.78, 5) is 30.0. The van der Waals surface area contributed by atoms with Crippen molar-refractivity contribution in [2.75, 3.05) is 12.5 Å². The van der Waals surface area contributed by atoms with E-state index in [9.17, 15) is 28.2 Å². The standard InChI is InChI=1S/C30H24O6S5/c1-37-21-7-3-5-17(11-21)25-13-19(15-27(31)32)29(39-25)23-9-10-24(38-23)30-20(16-28(33)34)14-26(40-30)18-6-4-8-22(12-18)41(2,35)36/h3-14H,15-16H2,1-2H3,(H,31,32)(H,33,34). The molecule has 0 aliphatic heterocycles. The molecule has 0 fully saturated rings. The van der Waals surface area contributed by atoms with Crippen molar-refractivity contribution in [3.8, 4) is 40.4 Å². The van der Waals surface area contributed by atoms with E-state index < -0.39 is 21.8 Å². The van der Waals surface area contributed by atoms with E-state index in [-0.39, 0.29) is 17.7 Å². The van der Waals surface area contributed by atoms with Crippen LogP contribution in [0.15, 0.2) is 82.6 Å². The monoisotopic (exact) mass is 640 g/mol. The third-order valence-electron chi connectivity index (χ3n) is 6.26. The lowest BCUT2D eigenvalue weighted by molar-refractivity contribution is -0.137. The van der Waals surface area contributed by atoms with Gasteiger partial charge in [0.25, 0.3) is 0 Å². The van der Waals surface area contributed by atoms with Gasteiger partial charge in [-0.15, -0.1) is 45.8 Å². The van der Waals surface area contributed by atoms with Crippen LogP contribution >= 0.6 is 45.8 Å². The van der Waals surface area contributed by atoms with Crippen LogP contribution in [0, 0.1) is 0 Å². The SMILES string of the molecule is CSc1cccc(-c2cc(CC(=O)O)c(-c3ccc(-c4sc(-c5cccc(S(C)(=O)=O)c5)cc4CC(=O)O)s3)s2)c1. The minimum absolute atomic E-state index is 0.106. The molecule has 5 aromatic rings. The van der Waals surface area contributed by atoms with E-state index in [1.807, 2.05) is 54.8 Å².